The summed E-state index contributed by atoms with van der Waals surface area (Å²) in [5.74, 6) is 0.526. The highest BCUT2D eigenvalue weighted by molar-refractivity contribution is 7.90. The Kier molecular flexibility index (Phi) is 3.37. The van der Waals surface area contributed by atoms with Gasteiger partial charge in [0.15, 0.2) is 4.90 Å². The predicted molar refractivity (Wildman–Crippen MR) is 60.8 cm³/mol. The largest absolute Gasteiger partial charge is 0.611 e. The Bertz CT molecular complexity index is 404. The van der Waals surface area contributed by atoms with Crippen molar-refractivity contribution in [2.24, 2.45) is 0 Å². The first-order valence-corrected chi connectivity index (χ1v) is 6.00. The van der Waals surface area contributed by atoms with E-state index in [2.05, 4.69) is 4.98 Å². The van der Waals surface area contributed by atoms with E-state index in [4.69, 9.17) is 0 Å². The summed E-state index contributed by atoms with van der Waals surface area (Å²) in [6.45, 7) is 0. The molecule has 0 aliphatic carbocycles. The van der Waals surface area contributed by atoms with Crippen molar-refractivity contribution in [3.63, 3.8) is 0 Å². The van der Waals surface area contributed by atoms with Crippen molar-refractivity contribution >= 4 is 11.2 Å². The van der Waals surface area contributed by atoms with Gasteiger partial charge >= 0.3 is 0 Å². The lowest BCUT2D eigenvalue weighted by molar-refractivity contribution is 0.594. The molecule has 1 atom stereocenters. The molecule has 1 aromatic heterocycles. The van der Waals surface area contributed by atoms with E-state index >= 15 is 0 Å². The summed E-state index contributed by atoms with van der Waals surface area (Å²) >= 11 is -0.974. The third-order valence-electron chi connectivity index (χ3n) is 2.03. The van der Waals surface area contributed by atoms with Gasteiger partial charge in [-0.15, -0.1) is 0 Å². The molecule has 1 unspecified atom stereocenters. The third kappa shape index (κ3) is 2.81. The topological polar surface area (TPSA) is 36.0 Å². The number of hydrogen-bond acceptors (Lipinski definition) is 2. The smallest absolute Gasteiger partial charge is 0.153 e. The minimum absolute atomic E-state index is 0.526. The fourth-order valence-electron chi connectivity index (χ4n) is 1.29. The van der Waals surface area contributed by atoms with Crippen LogP contribution >= 0.6 is 0 Å². The van der Waals surface area contributed by atoms with Crippen LogP contribution in [0.5, 0.6) is 0 Å². The first kappa shape index (κ1) is 10.2. The Hall–Kier alpha value is -1.32. The minimum atomic E-state index is -0.974. The molecule has 0 amide bonds. The van der Waals surface area contributed by atoms with E-state index in [0.29, 0.717) is 5.75 Å². The molecule has 3 heteroatoms. The van der Waals surface area contributed by atoms with Gasteiger partial charge in [0.25, 0.3) is 0 Å². The van der Waals surface area contributed by atoms with Gasteiger partial charge in [-0.3, -0.25) is 4.98 Å². The van der Waals surface area contributed by atoms with Crippen LogP contribution in [0.4, 0.5) is 0 Å². The Morgan fingerprint density at radius 1 is 1.07 bits per heavy atom. The molecule has 0 spiro atoms. The molecule has 0 fully saturated rings. The van der Waals surface area contributed by atoms with Gasteiger partial charge in [-0.2, -0.15) is 0 Å². The van der Waals surface area contributed by atoms with Crippen LogP contribution < -0.4 is 0 Å². The highest BCUT2D eigenvalue weighted by atomic mass is 32.2. The zero-order valence-electron chi connectivity index (χ0n) is 8.17. The second kappa shape index (κ2) is 4.96. The van der Waals surface area contributed by atoms with Gasteiger partial charge in [-0.1, -0.05) is 24.3 Å². The molecule has 1 heterocycles. The maximum Gasteiger partial charge on any atom is 0.153 e. The molecule has 2 aromatic rings. The molecule has 76 valence electrons. The summed E-state index contributed by atoms with van der Waals surface area (Å²) in [5, 5.41) is 0. The second-order valence-electron chi connectivity index (χ2n) is 3.16. The first-order valence-electron chi connectivity index (χ1n) is 4.68. The number of benzene rings is 1. The SMILES string of the molecule is [O-][S+](Cc1cccnc1)c1ccccc1. The molecule has 0 aliphatic rings. The van der Waals surface area contributed by atoms with E-state index in [1.165, 1.54) is 0 Å². The molecule has 0 radical (unpaired) electrons. The Morgan fingerprint density at radius 2 is 1.87 bits per heavy atom. The Balaban J connectivity index is 2.08. The molecule has 0 saturated carbocycles. The molecule has 0 N–H and O–H groups in total. The van der Waals surface area contributed by atoms with Crippen LogP contribution in [0.15, 0.2) is 59.8 Å². The first-order chi connectivity index (χ1) is 7.36. The van der Waals surface area contributed by atoms with E-state index in [9.17, 15) is 4.55 Å². The molecule has 0 bridgehead atoms. The van der Waals surface area contributed by atoms with Crippen molar-refractivity contribution < 1.29 is 4.55 Å². The van der Waals surface area contributed by atoms with Gasteiger partial charge in [0.2, 0.25) is 0 Å². The number of hydrogen-bond donors (Lipinski definition) is 0. The molecule has 1 aromatic carbocycles. The third-order valence-corrected chi connectivity index (χ3v) is 3.42. The zero-order valence-corrected chi connectivity index (χ0v) is 8.98. The van der Waals surface area contributed by atoms with E-state index in [1.807, 2.05) is 42.5 Å². The van der Waals surface area contributed by atoms with Crippen molar-refractivity contribution in [2.75, 3.05) is 0 Å². The van der Waals surface area contributed by atoms with Gasteiger partial charge in [-0.05, 0) is 29.4 Å². The van der Waals surface area contributed by atoms with Crippen molar-refractivity contribution in [1.29, 1.82) is 0 Å². The standard InChI is InChI=1S/C12H11NOS/c14-15(12-6-2-1-3-7-12)10-11-5-4-8-13-9-11/h1-9H,10H2. The van der Waals surface area contributed by atoms with E-state index in [-0.39, 0.29) is 0 Å². The molecule has 15 heavy (non-hydrogen) atoms. The van der Waals surface area contributed by atoms with E-state index < -0.39 is 11.2 Å². The summed E-state index contributed by atoms with van der Waals surface area (Å²) < 4.78 is 11.9. The second-order valence-corrected chi connectivity index (χ2v) is 4.62. The van der Waals surface area contributed by atoms with Crippen molar-refractivity contribution in [3.8, 4) is 0 Å². The molecule has 2 rings (SSSR count). The van der Waals surface area contributed by atoms with Crippen LogP contribution in [0.3, 0.4) is 0 Å². The summed E-state index contributed by atoms with van der Waals surface area (Å²) in [6, 6.07) is 13.3. The number of rotatable bonds is 3. The fourth-order valence-corrected chi connectivity index (χ4v) is 2.39. The van der Waals surface area contributed by atoms with E-state index in [1.54, 1.807) is 12.4 Å². The fraction of sp³-hybridized carbons (Fsp3) is 0.0833. The van der Waals surface area contributed by atoms with Crippen LogP contribution in [0.1, 0.15) is 5.56 Å². The van der Waals surface area contributed by atoms with Gasteiger partial charge in [0, 0.05) is 18.0 Å². The van der Waals surface area contributed by atoms with Crippen molar-refractivity contribution in [1.82, 2.24) is 4.98 Å². The zero-order chi connectivity index (χ0) is 10.5. The Morgan fingerprint density at radius 3 is 2.53 bits per heavy atom. The lowest BCUT2D eigenvalue weighted by Gasteiger charge is -2.09. The molecular formula is C12H11NOS. The maximum atomic E-state index is 11.9. The van der Waals surface area contributed by atoms with Crippen LogP contribution in [-0.4, -0.2) is 9.54 Å². The molecule has 0 saturated heterocycles. The van der Waals surface area contributed by atoms with E-state index in [0.717, 1.165) is 10.5 Å². The number of aromatic nitrogens is 1. The Labute approximate surface area is 92.2 Å². The van der Waals surface area contributed by atoms with Crippen LogP contribution in [0.2, 0.25) is 0 Å². The summed E-state index contributed by atoms with van der Waals surface area (Å²) in [4.78, 5) is 4.86. The monoisotopic (exact) mass is 217 g/mol. The average Bonchev–Trinajstić information content (AvgIpc) is 2.31. The lowest BCUT2D eigenvalue weighted by Crippen LogP contribution is -2.04. The number of nitrogens with zero attached hydrogens (tertiary/aromatic N) is 1. The molecular weight excluding hydrogens is 206 g/mol. The predicted octanol–water partition coefficient (Wildman–Crippen LogP) is 2.39. The van der Waals surface area contributed by atoms with Crippen molar-refractivity contribution in [3.05, 3.63) is 60.4 Å². The van der Waals surface area contributed by atoms with Gasteiger partial charge < -0.3 is 4.55 Å². The van der Waals surface area contributed by atoms with Crippen LogP contribution in [-0.2, 0) is 16.9 Å². The lowest BCUT2D eigenvalue weighted by atomic mass is 10.3. The normalized spacial score (nSPS) is 12.3. The summed E-state index contributed by atoms with van der Waals surface area (Å²) in [5.41, 5.74) is 1.000. The highest BCUT2D eigenvalue weighted by Gasteiger charge is 2.10. The average molecular weight is 217 g/mol. The quantitative estimate of drug-likeness (QED) is 0.740. The highest BCUT2D eigenvalue weighted by Crippen LogP contribution is 2.14. The van der Waals surface area contributed by atoms with Gasteiger partial charge in [0.1, 0.15) is 5.75 Å². The molecule has 0 aliphatic heterocycles. The van der Waals surface area contributed by atoms with Gasteiger partial charge in [-0.25, -0.2) is 0 Å². The summed E-state index contributed by atoms with van der Waals surface area (Å²) in [6.07, 6.45) is 3.47. The maximum absolute atomic E-state index is 11.9. The summed E-state index contributed by atoms with van der Waals surface area (Å²) in [7, 11) is 0. The minimum Gasteiger partial charge on any atom is -0.611 e. The van der Waals surface area contributed by atoms with Crippen molar-refractivity contribution in [2.45, 2.75) is 10.6 Å². The van der Waals surface area contributed by atoms with Gasteiger partial charge in [0.05, 0.1) is 0 Å². The molecule has 2 nitrogen and oxygen atoms in total. The van der Waals surface area contributed by atoms with Crippen LogP contribution in [0, 0.1) is 0 Å². The van der Waals surface area contributed by atoms with Crippen LogP contribution in [0.25, 0.3) is 0 Å². The number of pyridine rings is 1.